The van der Waals surface area contributed by atoms with Crippen LogP contribution in [0.2, 0.25) is 0 Å². The summed E-state index contributed by atoms with van der Waals surface area (Å²) < 4.78 is 24.4. The molecular formula is C11H15F2NO. The fourth-order valence-corrected chi connectivity index (χ4v) is 1.37. The molecule has 0 aliphatic rings. The van der Waals surface area contributed by atoms with Crippen molar-refractivity contribution in [3.05, 3.63) is 28.8 Å². The average Bonchev–Trinajstić information content (AvgIpc) is 2.13. The van der Waals surface area contributed by atoms with Gasteiger partial charge in [0.2, 0.25) is 0 Å². The summed E-state index contributed by atoms with van der Waals surface area (Å²) in [7, 11) is 0. The van der Waals surface area contributed by atoms with Gasteiger partial charge in [-0.2, -0.15) is 0 Å². The molecule has 0 aliphatic heterocycles. The molecule has 0 radical (unpaired) electrons. The van der Waals surface area contributed by atoms with E-state index in [1.165, 1.54) is 0 Å². The number of hydrogen-bond donors (Lipinski definition) is 2. The minimum absolute atomic E-state index is 0.00931. The van der Waals surface area contributed by atoms with Crippen LogP contribution < -0.4 is 5.73 Å². The second kappa shape index (κ2) is 4.57. The summed E-state index contributed by atoms with van der Waals surface area (Å²) in [5.74, 6) is 0.0363. The van der Waals surface area contributed by atoms with E-state index in [0.717, 1.165) is 11.1 Å². The minimum Gasteiger partial charge on any atom is -0.508 e. The van der Waals surface area contributed by atoms with Crippen molar-refractivity contribution in [2.45, 2.75) is 32.7 Å². The Hall–Kier alpha value is -1.16. The zero-order valence-corrected chi connectivity index (χ0v) is 8.80. The van der Waals surface area contributed by atoms with Gasteiger partial charge in [-0.1, -0.05) is 6.07 Å². The number of halogens is 2. The van der Waals surface area contributed by atoms with E-state index in [9.17, 15) is 13.9 Å². The van der Waals surface area contributed by atoms with E-state index in [-0.39, 0.29) is 12.2 Å². The maximum atomic E-state index is 12.2. The number of benzene rings is 1. The third kappa shape index (κ3) is 2.89. The van der Waals surface area contributed by atoms with Crippen LogP contribution in [0.15, 0.2) is 12.1 Å². The van der Waals surface area contributed by atoms with E-state index in [1.54, 1.807) is 12.1 Å². The Bertz CT molecular complexity index is 353. The van der Waals surface area contributed by atoms with Crippen molar-refractivity contribution in [2.24, 2.45) is 5.73 Å². The Kier molecular flexibility index (Phi) is 3.63. The molecule has 1 aromatic rings. The van der Waals surface area contributed by atoms with E-state index in [1.807, 2.05) is 13.8 Å². The SMILES string of the molecule is Cc1cc(O)c(CC(N)C(F)F)cc1C. The summed E-state index contributed by atoms with van der Waals surface area (Å²) in [6, 6.07) is 2.05. The first-order valence-electron chi connectivity index (χ1n) is 4.74. The topological polar surface area (TPSA) is 46.2 Å². The number of phenols is 1. The second-order valence-electron chi connectivity index (χ2n) is 3.77. The molecule has 0 heterocycles. The van der Waals surface area contributed by atoms with Crippen molar-refractivity contribution < 1.29 is 13.9 Å². The summed E-state index contributed by atoms with van der Waals surface area (Å²) in [4.78, 5) is 0. The first-order valence-corrected chi connectivity index (χ1v) is 4.74. The number of hydrogen-bond acceptors (Lipinski definition) is 2. The molecule has 1 unspecified atom stereocenters. The van der Waals surface area contributed by atoms with E-state index < -0.39 is 12.5 Å². The highest BCUT2D eigenvalue weighted by molar-refractivity contribution is 5.41. The largest absolute Gasteiger partial charge is 0.508 e. The van der Waals surface area contributed by atoms with Gasteiger partial charge in [0.1, 0.15) is 5.75 Å². The quantitative estimate of drug-likeness (QED) is 0.811. The van der Waals surface area contributed by atoms with Gasteiger partial charge in [0.05, 0.1) is 6.04 Å². The molecule has 0 spiro atoms. The van der Waals surface area contributed by atoms with Crippen LogP contribution in [0.3, 0.4) is 0 Å². The van der Waals surface area contributed by atoms with Gasteiger partial charge in [0.15, 0.2) is 0 Å². The Balaban J connectivity index is 2.91. The van der Waals surface area contributed by atoms with E-state index in [2.05, 4.69) is 0 Å². The number of aryl methyl sites for hydroxylation is 2. The number of phenolic OH excluding ortho intramolecular Hbond substituents is 1. The van der Waals surface area contributed by atoms with Gasteiger partial charge in [0.25, 0.3) is 6.43 Å². The zero-order chi connectivity index (χ0) is 11.6. The van der Waals surface area contributed by atoms with E-state index in [0.29, 0.717) is 5.56 Å². The molecule has 2 nitrogen and oxygen atoms in total. The molecule has 84 valence electrons. The van der Waals surface area contributed by atoms with Crippen LogP contribution in [0.25, 0.3) is 0 Å². The normalized spacial score (nSPS) is 13.2. The average molecular weight is 215 g/mol. The molecule has 0 amide bonds. The maximum Gasteiger partial charge on any atom is 0.253 e. The van der Waals surface area contributed by atoms with Crippen LogP contribution in [0.4, 0.5) is 8.78 Å². The van der Waals surface area contributed by atoms with Crippen LogP contribution in [0, 0.1) is 13.8 Å². The molecule has 1 aromatic carbocycles. The number of rotatable bonds is 3. The van der Waals surface area contributed by atoms with Crippen molar-refractivity contribution in [3.8, 4) is 5.75 Å². The summed E-state index contributed by atoms with van der Waals surface area (Å²) in [6.07, 6.45) is -2.57. The van der Waals surface area contributed by atoms with Crippen molar-refractivity contribution in [3.63, 3.8) is 0 Å². The summed E-state index contributed by atoms with van der Waals surface area (Å²) in [5, 5.41) is 9.55. The van der Waals surface area contributed by atoms with Crippen LogP contribution >= 0.6 is 0 Å². The summed E-state index contributed by atoms with van der Waals surface area (Å²) >= 11 is 0. The van der Waals surface area contributed by atoms with Crippen LogP contribution in [-0.4, -0.2) is 17.6 Å². The smallest absolute Gasteiger partial charge is 0.253 e. The lowest BCUT2D eigenvalue weighted by molar-refractivity contribution is 0.115. The molecule has 3 N–H and O–H groups in total. The van der Waals surface area contributed by atoms with Crippen LogP contribution in [-0.2, 0) is 6.42 Å². The lowest BCUT2D eigenvalue weighted by Crippen LogP contribution is -2.30. The molecule has 0 saturated heterocycles. The van der Waals surface area contributed by atoms with Gasteiger partial charge in [-0.15, -0.1) is 0 Å². The third-order valence-electron chi connectivity index (χ3n) is 2.47. The maximum absolute atomic E-state index is 12.2. The first-order chi connectivity index (χ1) is 6.91. The second-order valence-corrected chi connectivity index (χ2v) is 3.77. The fourth-order valence-electron chi connectivity index (χ4n) is 1.37. The fraction of sp³-hybridized carbons (Fsp3) is 0.455. The van der Waals surface area contributed by atoms with Crippen molar-refractivity contribution in [2.75, 3.05) is 0 Å². The first kappa shape index (κ1) is 11.9. The molecule has 0 aromatic heterocycles. The summed E-state index contributed by atoms with van der Waals surface area (Å²) in [6.45, 7) is 3.72. The molecule has 0 aliphatic carbocycles. The van der Waals surface area contributed by atoms with Gasteiger partial charge in [-0.05, 0) is 43.0 Å². The lowest BCUT2D eigenvalue weighted by Gasteiger charge is -2.13. The predicted octanol–water partition coefficient (Wildman–Crippen LogP) is 2.14. The molecule has 1 atom stereocenters. The van der Waals surface area contributed by atoms with E-state index >= 15 is 0 Å². The molecule has 0 bridgehead atoms. The van der Waals surface area contributed by atoms with Gasteiger partial charge < -0.3 is 10.8 Å². The Morgan fingerprint density at radius 3 is 2.33 bits per heavy atom. The summed E-state index contributed by atoms with van der Waals surface area (Å²) in [5.41, 5.74) is 7.62. The Morgan fingerprint density at radius 2 is 1.80 bits per heavy atom. The third-order valence-corrected chi connectivity index (χ3v) is 2.47. The highest BCUT2D eigenvalue weighted by atomic mass is 19.3. The van der Waals surface area contributed by atoms with E-state index in [4.69, 9.17) is 5.73 Å². The molecule has 0 saturated carbocycles. The van der Waals surface area contributed by atoms with Gasteiger partial charge in [-0.3, -0.25) is 0 Å². The van der Waals surface area contributed by atoms with Gasteiger partial charge in [0, 0.05) is 0 Å². The Morgan fingerprint density at radius 1 is 1.27 bits per heavy atom. The molecule has 15 heavy (non-hydrogen) atoms. The lowest BCUT2D eigenvalue weighted by atomic mass is 10.00. The van der Waals surface area contributed by atoms with Crippen molar-refractivity contribution in [1.29, 1.82) is 0 Å². The van der Waals surface area contributed by atoms with Crippen LogP contribution in [0.5, 0.6) is 5.75 Å². The van der Waals surface area contributed by atoms with Crippen molar-refractivity contribution >= 4 is 0 Å². The number of aromatic hydroxyl groups is 1. The molecule has 0 fully saturated rings. The predicted molar refractivity (Wildman–Crippen MR) is 55.3 cm³/mol. The van der Waals surface area contributed by atoms with Crippen molar-refractivity contribution in [1.82, 2.24) is 0 Å². The van der Waals surface area contributed by atoms with Crippen LogP contribution in [0.1, 0.15) is 16.7 Å². The molecular weight excluding hydrogens is 200 g/mol. The molecule has 4 heteroatoms. The monoisotopic (exact) mass is 215 g/mol. The standard InChI is InChI=1S/C11H15F2NO/c1-6-3-8(5-9(14)11(12)13)10(15)4-7(6)2/h3-4,9,11,15H,5,14H2,1-2H3. The highest BCUT2D eigenvalue weighted by Gasteiger charge is 2.17. The minimum atomic E-state index is -2.56. The zero-order valence-electron chi connectivity index (χ0n) is 8.80. The Labute approximate surface area is 87.7 Å². The molecule has 1 rings (SSSR count). The number of alkyl halides is 2. The van der Waals surface area contributed by atoms with Gasteiger partial charge >= 0.3 is 0 Å². The number of nitrogens with two attached hydrogens (primary N) is 1. The highest BCUT2D eigenvalue weighted by Crippen LogP contribution is 2.23. The van der Waals surface area contributed by atoms with Gasteiger partial charge in [-0.25, -0.2) is 8.78 Å².